The van der Waals surface area contributed by atoms with Crippen molar-refractivity contribution >= 4 is 46.5 Å². The van der Waals surface area contributed by atoms with Crippen molar-refractivity contribution < 1.29 is 9.18 Å². The van der Waals surface area contributed by atoms with Gasteiger partial charge < -0.3 is 26.3 Å². The molecular formula is C28H27FIN7O. The fourth-order valence-corrected chi connectivity index (χ4v) is 4.91. The number of nitrogens with zero attached hydrogens (tertiary/aromatic N) is 3. The lowest BCUT2D eigenvalue weighted by atomic mass is 10.0. The molecule has 1 aliphatic heterocycles. The lowest BCUT2D eigenvalue weighted by Gasteiger charge is -2.17. The van der Waals surface area contributed by atoms with E-state index in [1.807, 2.05) is 36.9 Å². The molecule has 0 saturated heterocycles. The molecule has 0 fully saturated rings. The van der Waals surface area contributed by atoms with Gasteiger partial charge in [-0.05, 0) is 64.4 Å². The van der Waals surface area contributed by atoms with Crippen LogP contribution in [-0.2, 0) is 13.6 Å². The Morgan fingerprint density at radius 1 is 1.21 bits per heavy atom. The highest BCUT2D eigenvalue weighted by Gasteiger charge is 2.23. The first-order chi connectivity index (χ1) is 18.3. The standard InChI is InChI=1S/C28H27FIN7O/c1-16(18-7-9-20(29)10-8-18)36-28(38)22-11-21(30)13-33-26(22)32-12-17-3-5-19(6-4-17)23-14-37(2)27-24(23)25(31)34-15-35-27/h3-11,13-16,25H,12,31H2,1-2H3,(H,32,33)(H,34,35)(H,36,38)/t16-,25?/m0/s1. The van der Waals surface area contributed by atoms with Gasteiger partial charge in [-0.25, -0.2) is 9.37 Å². The number of aromatic nitrogens is 2. The number of hydrogen-bond acceptors (Lipinski definition) is 6. The van der Waals surface area contributed by atoms with Crippen molar-refractivity contribution in [2.24, 2.45) is 17.8 Å². The third-order valence-electron chi connectivity index (χ3n) is 6.49. The summed E-state index contributed by atoms with van der Waals surface area (Å²) in [6.07, 6.45) is 4.98. The van der Waals surface area contributed by atoms with Crippen molar-refractivity contribution in [1.29, 1.82) is 0 Å². The van der Waals surface area contributed by atoms with E-state index >= 15 is 0 Å². The van der Waals surface area contributed by atoms with Gasteiger partial charge in [-0.2, -0.15) is 0 Å². The van der Waals surface area contributed by atoms with Crippen molar-refractivity contribution in [3.63, 3.8) is 0 Å². The fraction of sp³-hybridized carbons (Fsp3) is 0.179. The number of fused-ring (bicyclic) bond motifs is 1. The third kappa shape index (κ3) is 5.41. The first-order valence-corrected chi connectivity index (χ1v) is 13.2. The zero-order valence-electron chi connectivity index (χ0n) is 20.9. The Kier molecular flexibility index (Phi) is 7.43. The summed E-state index contributed by atoms with van der Waals surface area (Å²) in [5.74, 6) is 0.863. The van der Waals surface area contributed by atoms with Crippen LogP contribution in [0.4, 0.5) is 16.0 Å². The number of carbonyl (C=O) groups excluding carboxylic acids is 1. The van der Waals surface area contributed by atoms with E-state index < -0.39 is 6.17 Å². The SMILES string of the molecule is C[C@H](NC(=O)c1cc(I)cnc1NCc1ccc(-c2cn(C)c3c2C(N)N=CN3)cc1)c1ccc(F)cc1. The van der Waals surface area contributed by atoms with E-state index in [0.29, 0.717) is 17.9 Å². The Bertz CT molecular complexity index is 1500. The number of aryl methyl sites for hydroxylation is 1. The Balaban J connectivity index is 1.29. The molecule has 1 unspecified atom stereocenters. The van der Waals surface area contributed by atoms with Crippen LogP contribution in [0.3, 0.4) is 0 Å². The van der Waals surface area contributed by atoms with Gasteiger partial charge >= 0.3 is 0 Å². The van der Waals surface area contributed by atoms with Gasteiger partial charge in [0.25, 0.3) is 5.91 Å². The Hall–Kier alpha value is -3.77. The van der Waals surface area contributed by atoms with Crippen LogP contribution < -0.4 is 21.7 Å². The number of rotatable bonds is 7. The van der Waals surface area contributed by atoms with E-state index in [4.69, 9.17) is 5.73 Å². The zero-order valence-corrected chi connectivity index (χ0v) is 23.0. The molecule has 10 heteroatoms. The summed E-state index contributed by atoms with van der Waals surface area (Å²) in [6, 6.07) is 15.8. The number of nitrogens with one attached hydrogen (secondary N) is 3. The molecule has 4 aromatic rings. The number of benzene rings is 2. The van der Waals surface area contributed by atoms with Crippen LogP contribution >= 0.6 is 22.6 Å². The molecule has 38 heavy (non-hydrogen) atoms. The van der Waals surface area contributed by atoms with E-state index in [9.17, 15) is 9.18 Å². The van der Waals surface area contributed by atoms with Crippen LogP contribution in [0.5, 0.6) is 0 Å². The van der Waals surface area contributed by atoms with E-state index in [1.165, 1.54) is 12.1 Å². The highest BCUT2D eigenvalue weighted by atomic mass is 127. The third-order valence-corrected chi connectivity index (χ3v) is 7.08. The van der Waals surface area contributed by atoms with Crippen molar-refractivity contribution in [3.05, 3.63) is 98.6 Å². The largest absolute Gasteiger partial charge is 0.365 e. The number of nitrogens with two attached hydrogens (primary N) is 1. The maximum Gasteiger partial charge on any atom is 0.255 e. The maximum atomic E-state index is 13.3. The van der Waals surface area contributed by atoms with Crippen LogP contribution in [0.1, 0.15) is 46.2 Å². The summed E-state index contributed by atoms with van der Waals surface area (Å²) < 4.78 is 16.1. The Labute approximate surface area is 233 Å². The first-order valence-electron chi connectivity index (χ1n) is 12.1. The second-order valence-electron chi connectivity index (χ2n) is 9.13. The highest BCUT2D eigenvalue weighted by Crippen LogP contribution is 2.36. The fourth-order valence-electron chi connectivity index (χ4n) is 4.46. The smallest absolute Gasteiger partial charge is 0.255 e. The average molecular weight is 623 g/mol. The van der Waals surface area contributed by atoms with Crippen LogP contribution in [0.15, 0.2) is 72.0 Å². The van der Waals surface area contributed by atoms with Crippen molar-refractivity contribution in [1.82, 2.24) is 14.9 Å². The summed E-state index contributed by atoms with van der Waals surface area (Å²) in [5, 5.41) is 9.45. The van der Waals surface area contributed by atoms with E-state index in [0.717, 1.165) is 37.2 Å². The normalized spacial score (nSPS) is 14.9. The minimum atomic E-state index is -0.411. The van der Waals surface area contributed by atoms with Gasteiger partial charge in [0.15, 0.2) is 0 Å². The number of halogens is 2. The van der Waals surface area contributed by atoms with Gasteiger partial charge in [-0.3, -0.25) is 9.79 Å². The molecule has 5 N–H and O–H groups in total. The molecular weight excluding hydrogens is 596 g/mol. The predicted octanol–water partition coefficient (Wildman–Crippen LogP) is 5.35. The molecule has 0 spiro atoms. The molecule has 3 heterocycles. The molecule has 8 nitrogen and oxygen atoms in total. The number of pyridine rings is 1. The number of anilines is 2. The molecule has 194 valence electrons. The van der Waals surface area contributed by atoms with Crippen molar-refractivity contribution in [2.45, 2.75) is 25.7 Å². The quantitative estimate of drug-likeness (QED) is 0.208. The Morgan fingerprint density at radius 3 is 2.68 bits per heavy atom. The average Bonchev–Trinajstić information content (AvgIpc) is 3.26. The molecule has 1 aliphatic rings. The summed E-state index contributed by atoms with van der Waals surface area (Å²) in [5.41, 5.74) is 11.6. The summed E-state index contributed by atoms with van der Waals surface area (Å²) >= 11 is 2.14. The van der Waals surface area contributed by atoms with E-state index in [-0.39, 0.29) is 17.8 Å². The van der Waals surface area contributed by atoms with Gasteiger partial charge in [0.2, 0.25) is 0 Å². The number of amides is 1. The van der Waals surface area contributed by atoms with Crippen LogP contribution in [0.2, 0.25) is 0 Å². The molecule has 2 atom stereocenters. The van der Waals surface area contributed by atoms with Crippen molar-refractivity contribution in [2.75, 3.05) is 10.6 Å². The minimum absolute atomic E-state index is 0.257. The van der Waals surface area contributed by atoms with Gasteiger partial charge in [-0.1, -0.05) is 36.4 Å². The van der Waals surface area contributed by atoms with Crippen molar-refractivity contribution in [3.8, 4) is 11.1 Å². The second-order valence-corrected chi connectivity index (χ2v) is 10.4. The van der Waals surface area contributed by atoms with Gasteiger partial charge in [-0.15, -0.1) is 0 Å². The monoisotopic (exact) mass is 623 g/mol. The molecule has 0 aliphatic carbocycles. The van der Waals surface area contributed by atoms with E-state index in [2.05, 4.69) is 60.7 Å². The molecule has 0 saturated carbocycles. The van der Waals surface area contributed by atoms with Crippen LogP contribution in [-0.4, -0.2) is 21.8 Å². The molecule has 0 bridgehead atoms. The number of carbonyl (C=O) groups is 1. The second kappa shape index (κ2) is 10.9. The lowest BCUT2D eigenvalue weighted by Crippen LogP contribution is -2.28. The number of aliphatic imine (C=N–C) groups is 1. The van der Waals surface area contributed by atoms with Crippen LogP contribution in [0.25, 0.3) is 11.1 Å². The molecule has 5 rings (SSSR count). The first kappa shape index (κ1) is 25.9. The molecule has 0 radical (unpaired) electrons. The maximum absolute atomic E-state index is 13.3. The predicted molar refractivity (Wildman–Crippen MR) is 156 cm³/mol. The highest BCUT2D eigenvalue weighted by molar-refractivity contribution is 14.1. The molecule has 1 amide bonds. The molecule has 2 aromatic heterocycles. The summed E-state index contributed by atoms with van der Waals surface area (Å²) in [6.45, 7) is 2.35. The van der Waals surface area contributed by atoms with Gasteiger partial charge in [0.1, 0.15) is 23.6 Å². The lowest BCUT2D eigenvalue weighted by molar-refractivity contribution is 0.0940. The van der Waals surface area contributed by atoms with Gasteiger partial charge in [0.05, 0.1) is 17.9 Å². The minimum Gasteiger partial charge on any atom is -0.365 e. The zero-order chi connectivity index (χ0) is 26.8. The number of hydrogen-bond donors (Lipinski definition) is 4. The summed E-state index contributed by atoms with van der Waals surface area (Å²) in [4.78, 5) is 21.9. The Morgan fingerprint density at radius 2 is 1.95 bits per heavy atom. The topological polar surface area (TPSA) is 109 Å². The van der Waals surface area contributed by atoms with Gasteiger partial charge in [0, 0.05) is 40.7 Å². The summed E-state index contributed by atoms with van der Waals surface area (Å²) in [7, 11) is 1.97. The van der Waals surface area contributed by atoms with Crippen LogP contribution in [0, 0.1) is 9.39 Å². The van der Waals surface area contributed by atoms with E-state index in [1.54, 1.807) is 30.7 Å². The molecule has 2 aromatic carbocycles.